The van der Waals surface area contributed by atoms with Gasteiger partial charge < -0.3 is 0 Å². The largest absolute Gasteiger partial charge is 0.162 e. The first-order valence-corrected chi connectivity index (χ1v) is 16.3. The van der Waals surface area contributed by atoms with Crippen molar-refractivity contribution in [1.29, 1.82) is 0 Å². The molecule has 0 radical (unpaired) electrons. The van der Waals surface area contributed by atoms with Crippen LogP contribution in [0.25, 0.3) is 0 Å². The Balaban J connectivity index is 4.45. The van der Waals surface area contributed by atoms with Crippen molar-refractivity contribution in [2.24, 2.45) is 5.41 Å². The van der Waals surface area contributed by atoms with Crippen molar-refractivity contribution in [1.82, 2.24) is 10.6 Å². The average molecular weight is 465 g/mol. The number of amides is 2. The van der Waals surface area contributed by atoms with Gasteiger partial charge >= 0.3 is 150 Å². The summed E-state index contributed by atoms with van der Waals surface area (Å²) in [5.41, 5.74) is -1.77. The molecule has 0 fully saturated rings. The van der Waals surface area contributed by atoms with E-state index in [1.54, 1.807) is 13.8 Å². The Morgan fingerprint density at radius 2 is 1.57 bits per heavy atom. The quantitative estimate of drug-likeness (QED) is 0.253. The summed E-state index contributed by atoms with van der Waals surface area (Å²) in [7, 11) is 0. The van der Waals surface area contributed by atoms with Gasteiger partial charge in [-0.25, -0.2) is 0 Å². The van der Waals surface area contributed by atoms with E-state index in [4.69, 9.17) is 0 Å². The first kappa shape index (κ1) is 29.2. The Labute approximate surface area is 188 Å². The van der Waals surface area contributed by atoms with E-state index in [-0.39, 0.29) is 11.8 Å². The van der Waals surface area contributed by atoms with Crippen molar-refractivity contribution in [2.75, 3.05) is 46.0 Å². The van der Waals surface area contributed by atoms with Gasteiger partial charge in [0.2, 0.25) is 0 Å². The molecule has 0 aromatic carbocycles. The standard InChI is InChI=1S/C22H45N2O4PS/c1-9-12-17(30-8)13-10-11-14-18(25)23-15-16-24-20(26)19(29(4,5,6)7)22(2,3)21(27)28/h17,19H,9-16H2,1-8H3,(H,23,25)(H,24,26)(H,27,28). The van der Waals surface area contributed by atoms with E-state index in [2.05, 4.69) is 23.8 Å². The Morgan fingerprint density at radius 3 is 2.03 bits per heavy atom. The monoisotopic (exact) mass is 464 g/mol. The van der Waals surface area contributed by atoms with E-state index in [0.717, 1.165) is 19.3 Å². The minimum atomic E-state index is -2.53. The molecule has 0 aromatic rings. The zero-order valence-corrected chi connectivity index (χ0v) is 22.0. The van der Waals surface area contributed by atoms with Crippen molar-refractivity contribution < 1.29 is 19.5 Å². The zero-order valence-electron chi connectivity index (χ0n) is 20.3. The predicted octanol–water partition coefficient (Wildman–Crippen LogP) is 3.86. The molecule has 0 saturated heterocycles. The fraction of sp³-hybridized carbons (Fsp3) is 0.864. The smallest absolute Gasteiger partial charge is 0.0181 e. The van der Waals surface area contributed by atoms with Crippen LogP contribution in [0.4, 0.5) is 0 Å². The average Bonchev–Trinajstić information content (AvgIpc) is 2.59. The Morgan fingerprint density at radius 1 is 1.00 bits per heavy atom. The van der Waals surface area contributed by atoms with E-state index < -0.39 is 23.6 Å². The van der Waals surface area contributed by atoms with Gasteiger partial charge in [-0.1, -0.05) is 13.3 Å². The van der Waals surface area contributed by atoms with Gasteiger partial charge in [0.25, 0.3) is 0 Å². The van der Waals surface area contributed by atoms with Crippen molar-refractivity contribution in [2.45, 2.75) is 70.2 Å². The molecule has 2 unspecified atom stereocenters. The van der Waals surface area contributed by atoms with E-state index in [1.807, 2.05) is 38.4 Å². The SMILES string of the molecule is CCCC(CCCCC(=O)NCCNC(=O)C(C(C)(C)C(=O)O)P(C)(C)(C)C)SC. The second-order valence-electron chi connectivity index (χ2n) is 10.7. The van der Waals surface area contributed by atoms with Gasteiger partial charge in [0, 0.05) is 0 Å². The van der Waals surface area contributed by atoms with Crippen LogP contribution in [0.15, 0.2) is 0 Å². The number of carboxylic acid groups (broad SMARTS) is 1. The molecule has 0 aliphatic rings. The first-order chi connectivity index (χ1) is 13.6. The van der Waals surface area contributed by atoms with Crippen LogP contribution in [-0.2, 0) is 14.4 Å². The topological polar surface area (TPSA) is 95.5 Å². The number of hydrogen-bond acceptors (Lipinski definition) is 4. The fourth-order valence-corrected chi connectivity index (χ4v) is 8.73. The number of hydrogen-bond donors (Lipinski definition) is 3. The first-order valence-electron chi connectivity index (χ1n) is 10.9. The van der Waals surface area contributed by atoms with E-state index in [0.29, 0.717) is 24.8 Å². The van der Waals surface area contributed by atoms with Gasteiger partial charge in [-0.3, -0.25) is 0 Å². The number of thioether (sulfide) groups is 1. The zero-order chi connectivity index (χ0) is 23.6. The Hall–Kier alpha value is -0.810. The number of carboxylic acids is 1. The van der Waals surface area contributed by atoms with Crippen LogP contribution in [0.5, 0.6) is 0 Å². The van der Waals surface area contributed by atoms with Crippen molar-refractivity contribution in [3.63, 3.8) is 0 Å². The summed E-state index contributed by atoms with van der Waals surface area (Å²) in [5, 5.41) is 16.0. The van der Waals surface area contributed by atoms with E-state index in [1.165, 1.54) is 12.8 Å². The minimum Gasteiger partial charge on any atom is -0.162 e. The number of carbonyl (C=O) groups is 3. The molecule has 0 spiro atoms. The molecule has 3 N–H and O–H groups in total. The molecule has 0 aliphatic heterocycles. The van der Waals surface area contributed by atoms with E-state index >= 15 is 0 Å². The molecule has 2 atom stereocenters. The summed E-state index contributed by atoms with van der Waals surface area (Å²) in [5.74, 6) is -1.22. The summed E-state index contributed by atoms with van der Waals surface area (Å²) in [6, 6.07) is 0. The fourth-order valence-electron chi connectivity index (χ4n) is 4.14. The summed E-state index contributed by atoms with van der Waals surface area (Å²) < 4.78 is 0. The molecule has 2 amide bonds. The van der Waals surface area contributed by atoms with Crippen LogP contribution < -0.4 is 10.6 Å². The number of carbonyl (C=O) groups excluding carboxylic acids is 2. The van der Waals surface area contributed by atoms with Gasteiger partial charge in [0.05, 0.1) is 0 Å². The number of nitrogens with one attached hydrogen (secondary N) is 2. The van der Waals surface area contributed by atoms with Crippen LogP contribution >= 0.6 is 18.4 Å². The third-order valence-corrected chi connectivity index (χ3v) is 9.47. The summed E-state index contributed by atoms with van der Waals surface area (Å²) in [4.78, 5) is 36.7. The van der Waals surface area contributed by atoms with Crippen LogP contribution in [0.2, 0.25) is 0 Å². The van der Waals surface area contributed by atoms with Crippen LogP contribution in [0, 0.1) is 5.41 Å². The van der Waals surface area contributed by atoms with Crippen molar-refractivity contribution in [3.8, 4) is 0 Å². The van der Waals surface area contributed by atoms with Crippen molar-refractivity contribution >= 4 is 36.1 Å². The van der Waals surface area contributed by atoms with Crippen LogP contribution in [-0.4, -0.2) is 79.8 Å². The molecule has 30 heavy (non-hydrogen) atoms. The van der Waals surface area contributed by atoms with Gasteiger partial charge in [0.1, 0.15) is 0 Å². The number of rotatable bonds is 15. The second-order valence-corrected chi connectivity index (χ2v) is 19.8. The molecule has 8 heteroatoms. The minimum absolute atomic E-state index is 0.000506. The third kappa shape index (κ3) is 10.5. The summed E-state index contributed by atoms with van der Waals surface area (Å²) >= 11 is 1.90. The molecular weight excluding hydrogens is 419 g/mol. The molecule has 6 nitrogen and oxygen atoms in total. The normalized spacial score (nSPS) is 15.5. The maximum atomic E-state index is 12.9. The molecule has 0 saturated carbocycles. The van der Waals surface area contributed by atoms with Crippen LogP contribution in [0.3, 0.4) is 0 Å². The molecule has 0 rings (SSSR count). The molecule has 178 valence electrons. The second kappa shape index (κ2) is 12.3. The third-order valence-electron chi connectivity index (χ3n) is 5.39. The number of unbranched alkanes of at least 4 members (excludes halogenated alkanes) is 1. The number of aliphatic carboxylic acids is 1. The van der Waals surface area contributed by atoms with Gasteiger partial charge in [-0.05, 0) is 12.7 Å². The van der Waals surface area contributed by atoms with Crippen molar-refractivity contribution in [3.05, 3.63) is 0 Å². The van der Waals surface area contributed by atoms with Gasteiger partial charge in [-0.15, -0.1) is 0 Å². The molecule has 0 bridgehead atoms. The summed E-state index contributed by atoms with van der Waals surface area (Å²) in [6.07, 6.45) is 8.13. The Bertz CT molecular complexity index is 578. The molecule has 0 heterocycles. The molecule has 0 aliphatic carbocycles. The summed E-state index contributed by atoms with van der Waals surface area (Å²) in [6.45, 7) is 11.6. The van der Waals surface area contributed by atoms with Gasteiger partial charge in [0.15, 0.2) is 0 Å². The maximum Gasteiger partial charge on any atom is -0.0181 e. The molecular formula is C22H45N2O4PS. The maximum absolute atomic E-state index is 12.9. The van der Waals surface area contributed by atoms with Crippen LogP contribution in [0.1, 0.15) is 59.3 Å². The molecule has 0 aromatic heterocycles. The van der Waals surface area contributed by atoms with E-state index in [9.17, 15) is 19.5 Å². The van der Waals surface area contributed by atoms with Gasteiger partial charge in [-0.2, -0.15) is 11.8 Å². The predicted molar refractivity (Wildman–Crippen MR) is 133 cm³/mol. The Kier molecular flexibility index (Phi) is 12.0.